The van der Waals surface area contributed by atoms with Crippen LogP contribution in [0.4, 0.5) is 0 Å². The minimum absolute atomic E-state index is 0.878. The van der Waals surface area contributed by atoms with Crippen LogP contribution in [-0.2, 0) is 0 Å². The van der Waals surface area contributed by atoms with E-state index in [0.717, 1.165) is 91.6 Å². The first-order valence-corrected chi connectivity index (χ1v) is 17.5. The molecule has 0 saturated heterocycles. The molecule has 2 aromatic heterocycles. The normalized spacial score (nSPS) is 14.2. The Hall–Kier alpha value is -6.12. The molecule has 2 aliphatic rings. The Bertz CT molecular complexity index is 2960. The molecule has 238 valence electrons. The van der Waals surface area contributed by atoms with Gasteiger partial charge in [-0.1, -0.05) is 104 Å². The van der Waals surface area contributed by atoms with Crippen molar-refractivity contribution in [3.63, 3.8) is 0 Å². The molecule has 10 rings (SSSR count). The third-order valence-electron chi connectivity index (χ3n) is 10.7. The molecule has 50 heavy (non-hydrogen) atoms. The average Bonchev–Trinajstić information content (AvgIpc) is 3.74. The van der Waals surface area contributed by atoms with Crippen LogP contribution in [0.2, 0.25) is 0 Å². The predicted octanol–water partition coefficient (Wildman–Crippen LogP) is 12.3. The molecule has 2 heteroatoms. The van der Waals surface area contributed by atoms with Crippen molar-refractivity contribution >= 4 is 84.5 Å². The van der Waals surface area contributed by atoms with E-state index in [-0.39, 0.29) is 0 Å². The molecule has 6 aromatic carbocycles. The Kier molecular flexibility index (Phi) is 6.47. The summed E-state index contributed by atoms with van der Waals surface area (Å²) in [5.74, 6) is 0. The Morgan fingerprint density at radius 2 is 1.28 bits per heavy atom. The molecule has 0 atom stereocenters. The summed E-state index contributed by atoms with van der Waals surface area (Å²) in [4.78, 5) is 0. The number of hydrogen-bond donors (Lipinski definition) is 0. The van der Waals surface area contributed by atoms with Crippen LogP contribution >= 0.6 is 0 Å². The molecule has 0 spiro atoms. The van der Waals surface area contributed by atoms with Gasteiger partial charge >= 0.3 is 0 Å². The highest BCUT2D eigenvalue weighted by Gasteiger charge is 2.20. The van der Waals surface area contributed by atoms with Crippen LogP contribution in [0.25, 0.3) is 107 Å². The first-order valence-electron chi connectivity index (χ1n) is 17.5. The van der Waals surface area contributed by atoms with E-state index in [1.165, 1.54) is 43.7 Å². The van der Waals surface area contributed by atoms with Gasteiger partial charge in [0.05, 0.1) is 0 Å². The van der Waals surface area contributed by atoms with E-state index in [1.54, 1.807) is 0 Å². The summed E-state index contributed by atoms with van der Waals surface area (Å²) in [5, 5.41) is 9.42. The third kappa shape index (κ3) is 4.28. The average molecular weight is 643 g/mol. The summed E-state index contributed by atoms with van der Waals surface area (Å²) in [6, 6.07) is 32.5. The van der Waals surface area contributed by atoms with Gasteiger partial charge in [0.15, 0.2) is 0 Å². The van der Waals surface area contributed by atoms with E-state index >= 15 is 0 Å². The van der Waals surface area contributed by atoms with E-state index in [0.29, 0.717) is 0 Å². The standard InChI is InChI=1S/C48H34O2/c1-3-34-35(4-2)47(38-19-9-8-18-37(38)46(34)29-13-6-5-7-14-29)33-16-12-15-30(25-33)31-21-23-43-41(26-31)48-39-28-45-40(27-32(39)22-24-44(48)49-43)36-17-10-11-20-42(36)50-45/h3-6,10-13,15-28H,1-2,7-9,14H2. The van der Waals surface area contributed by atoms with Crippen LogP contribution in [0.3, 0.4) is 0 Å². The minimum Gasteiger partial charge on any atom is -0.456 e. The number of hydrogen-bond acceptors (Lipinski definition) is 2. The first kappa shape index (κ1) is 28.9. The number of furan rings is 2. The highest BCUT2D eigenvalue weighted by Crippen LogP contribution is 2.41. The molecule has 8 aromatic rings. The van der Waals surface area contributed by atoms with Gasteiger partial charge in [0.25, 0.3) is 0 Å². The van der Waals surface area contributed by atoms with Gasteiger partial charge in [0.1, 0.15) is 22.3 Å². The second kappa shape index (κ2) is 11.2. The fourth-order valence-corrected chi connectivity index (χ4v) is 8.45. The number of allylic oxidation sites excluding steroid dienone is 4. The van der Waals surface area contributed by atoms with Gasteiger partial charge in [-0.25, -0.2) is 0 Å². The lowest BCUT2D eigenvalue weighted by molar-refractivity contribution is 0.669. The molecule has 0 fully saturated rings. The second-order valence-corrected chi connectivity index (χ2v) is 13.5. The van der Waals surface area contributed by atoms with Crippen molar-refractivity contribution in [3.8, 4) is 22.3 Å². The SMILES string of the molecule is C=Cc1c(C=C)c(-c2cccc(-c3ccc4oc5ccc6cc7c(cc6c5c4c3)oc3ccccc37)c2)c2c(c1C1=CC=CCC1)=CCCC=2. The summed E-state index contributed by atoms with van der Waals surface area (Å²) in [6.45, 7) is 8.64. The summed E-state index contributed by atoms with van der Waals surface area (Å²) in [6.07, 6.45) is 19.8. The van der Waals surface area contributed by atoms with Gasteiger partial charge in [0, 0.05) is 21.5 Å². The fraction of sp³-hybridized carbons (Fsp3) is 0.0833. The van der Waals surface area contributed by atoms with E-state index < -0.39 is 0 Å². The maximum absolute atomic E-state index is 6.43. The molecular weight excluding hydrogens is 609 g/mol. The molecule has 0 saturated carbocycles. The van der Waals surface area contributed by atoms with Crippen molar-refractivity contribution in [2.45, 2.75) is 25.7 Å². The molecule has 2 heterocycles. The van der Waals surface area contributed by atoms with Crippen molar-refractivity contribution in [1.29, 1.82) is 0 Å². The van der Waals surface area contributed by atoms with Gasteiger partial charge in [-0.15, -0.1) is 0 Å². The molecule has 0 aliphatic heterocycles. The van der Waals surface area contributed by atoms with Gasteiger partial charge in [-0.3, -0.25) is 0 Å². The van der Waals surface area contributed by atoms with Gasteiger partial charge < -0.3 is 8.83 Å². The lowest BCUT2D eigenvalue weighted by atomic mass is 9.82. The molecule has 0 amide bonds. The molecule has 0 N–H and O–H groups in total. The molecular formula is C48H34O2. The van der Waals surface area contributed by atoms with Crippen LogP contribution in [0.1, 0.15) is 42.4 Å². The molecule has 2 aliphatic carbocycles. The maximum atomic E-state index is 6.43. The first-order chi connectivity index (χ1) is 24.7. The minimum atomic E-state index is 0.878. The van der Waals surface area contributed by atoms with Crippen molar-refractivity contribution in [2.75, 3.05) is 0 Å². The van der Waals surface area contributed by atoms with E-state index in [1.807, 2.05) is 24.3 Å². The highest BCUT2D eigenvalue weighted by atomic mass is 16.3. The lowest BCUT2D eigenvalue weighted by Gasteiger charge is -2.22. The highest BCUT2D eigenvalue weighted by molar-refractivity contribution is 6.22. The number of para-hydroxylation sites is 1. The van der Waals surface area contributed by atoms with Gasteiger partial charge in [0.2, 0.25) is 0 Å². The Morgan fingerprint density at radius 1 is 0.540 bits per heavy atom. The molecule has 0 bridgehead atoms. The van der Waals surface area contributed by atoms with Crippen molar-refractivity contribution in [1.82, 2.24) is 0 Å². The maximum Gasteiger partial charge on any atom is 0.136 e. The largest absolute Gasteiger partial charge is 0.456 e. The number of rotatable bonds is 5. The smallest absolute Gasteiger partial charge is 0.136 e. The fourth-order valence-electron chi connectivity index (χ4n) is 8.45. The van der Waals surface area contributed by atoms with Crippen molar-refractivity contribution < 1.29 is 8.83 Å². The van der Waals surface area contributed by atoms with Gasteiger partial charge in [-0.05, 0) is 134 Å². The van der Waals surface area contributed by atoms with Crippen LogP contribution in [0.15, 0.2) is 131 Å². The zero-order chi connectivity index (χ0) is 33.3. The van der Waals surface area contributed by atoms with Crippen molar-refractivity contribution in [2.24, 2.45) is 0 Å². The quantitative estimate of drug-likeness (QED) is 0.187. The summed E-state index contributed by atoms with van der Waals surface area (Å²) in [5.41, 5.74) is 13.3. The van der Waals surface area contributed by atoms with E-state index in [9.17, 15) is 0 Å². The Balaban J connectivity index is 1.17. The van der Waals surface area contributed by atoms with Crippen LogP contribution in [0, 0.1) is 0 Å². The zero-order valence-electron chi connectivity index (χ0n) is 27.8. The second-order valence-electron chi connectivity index (χ2n) is 13.5. The Morgan fingerprint density at radius 3 is 2.12 bits per heavy atom. The van der Waals surface area contributed by atoms with Crippen molar-refractivity contribution in [3.05, 3.63) is 150 Å². The Labute approximate surface area is 290 Å². The molecule has 2 nitrogen and oxygen atoms in total. The monoisotopic (exact) mass is 642 g/mol. The van der Waals surface area contributed by atoms with Crippen LogP contribution in [0.5, 0.6) is 0 Å². The summed E-state index contributed by atoms with van der Waals surface area (Å²) < 4.78 is 12.7. The van der Waals surface area contributed by atoms with E-state index in [4.69, 9.17) is 8.83 Å². The molecule has 0 unspecified atom stereocenters. The van der Waals surface area contributed by atoms with Gasteiger partial charge in [-0.2, -0.15) is 0 Å². The lowest BCUT2D eigenvalue weighted by Crippen LogP contribution is -2.34. The topological polar surface area (TPSA) is 26.3 Å². The summed E-state index contributed by atoms with van der Waals surface area (Å²) >= 11 is 0. The van der Waals surface area contributed by atoms with E-state index in [2.05, 4.69) is 122 Å². The number of benzene rings is 6. The third-order valence-corrected chi connectivity index (χ3v) is 10.7. The number of fused-ring (bicyclic) bond motifs is 9. The summed E-state index contributed by atoms with van der Waals surface area (Å²) in [7, 11) is 0. The zero-order valence-corrected chi connectivity index (χ0v) is 27.8. The molecule has 0 radical (unpaired) electrons. The predicted molar refractivity (Wildman–Crippen MR) is 213 cm³/mol. The van der Waals surface area contributed by atoms with Crippen LogP contribution in [-0.4, -0.2) is 0 Å². The van der Waals surface area contributed by atoms with Crippen LogP contribution < -0.4 is 10.4 Å².